The van der Waals surface area contributed by atoms with E-state index in [1.165, 1.54) is 23.5 Å². The summed E-state index contributed by atoms with van der Waals surface area (Å²) in [5, 5.41) is 4.01. The van der Waals surface area contributed by atoms with Crippen molar-refractivity contribution in [1.82, 2.24) is 15.0 Å². The standard InChI is InChI=1S/C20H20FN3O3S/c1-13-2-7-17(28-13)20(25)24-10-8-14(12-24)19-22-18(23-27-19)9-11-26-16-5-3-15(21)4-6-16/h2-7,14H,8-12H2,1H3. The molecule has 0 radical (unpaired) electrons. The van der Waals surface area contributed by atoms with Crippen LogP contribution < -0.4 is 4.74 Å². The fraction of sp³-hybridized carbons (Fsp3) is 0.350. The molecule has 3 aromatic rings. The summed E-state index contributed by atoms with van der Waals surface area (Å²) >= 11 is 1.51. The Labute approximate surface area is 165 Å². The third kappa shape index (κ3) is 4.22. The first-order chi connectivity index (χ1) is 13.6. The SMILES string of the molecule is Cc1ccc(C(=O)N2CCC(c3nc(CCOc4ccc(F)cc4)no3)C2)s1. The first-order valence-electron chi connectivity index (χ1n) is 9.15. The number of hydrogen-bond acceptors (Lipinski definition) is 6. The molecule has 1 fully saturated rings. The zero-order valence-electron chi connectivity index (χ0n) is 15.4. The van der Waals surface area contributed by atoms with Crippen molar-refractivity contribution in [2.45, 2.75) is 25.7 Å². The van der Waals surface area contributed by atoms with E-state index in [-0.39, 0.29) is 17.6 Å². The second-order valence-electron chi connectivity index (χ2n) is 6.75. The highest BCUT2D eigenvalue weighted by Gasteiger charge is 2.32. The van der Waals surface area contributed by atoms with Gasteiger partial charge in [-0.2, -0.15) is 4.98 Å². The highest BCUT2D eigenvalue weighted by atomic mass is 32.1. The van der Waals surface area contributed by atoms with Gasteiger partial charge in [-0.05, 0) is 49.7 Å². The van der Waals surface area contributed by atoms with Gasteiger partial charge in [0.1, 0.15) is 11.6 Å². The largest absolute Gasteiger partial charge is 0.493 e. The van der Waals surface area contributed by atoms with E-state index in [0.29, 0.717) is 43.6 Å². The molecule has 1 saturated heterocycles. The molecule has 1 aliphatic rings. The van der Waals surface area contributed by atoms with Gasteiger partial charge in [-0.15, -0.1) is 11.3 Å². The second kappa shape index (κ2) is 8.10. The molecule has 1 aromatic carbocycles. The molecule has 3 heterocycles. The number of benzene rings is 1. The van der Waals surface area contributed by atoms with Crippen molar-refractivity contribution in [1.29, 1.82) is 0 Å². The molecule has 0 N–H and O–H groups in total. The molecular weight excluding hydrogens is 381 g/mol. The number of halogens is 1. The Balaban J connectivity index is 1.29. The highest BCUT2D eigenvalue weighted by Crippen LogP contribution is 2.28. The average molecular weight is 401 g/mol. The lowest BCUT2D eigenvalue weighted by molar-refractivity contribution is 0.0794. The molecule has 1 unspecified atom stereocenters. The first-order valence-corrected chi connectivity index (χ1v) is 9.97. The Morgan fingerprint density at radius 1 is 1.32 bits per heavy atom. The lowest BCUT2D eigenvalue weighted by Gasteiger charge is -2.14. The lowest BCUT2D eigenvalue weighted by Crippen LogP contribution is -2.27. The number of carbonyl (C=O) groups is 1. The summed E-state index contributed by atoms with van der Waals surface area (Å²) in [4.78, 5) is 20.8. The van der Waals surface area contributed by atoms with Crippen LogP contribution >= 0.6 is 11.3 Å². The van der Waals surface area contributed by atoms with Crippen LogP contribution in [0.3, 0.4) is 0 Å². The van der Waals surface area contributed by atoms with E-state index in [4.69, 9.17) is 9.26 Å². The zero-order valence-corrected chi connectivity index (χ0v) is 16.2. The molecule has 0 spiro atoms. The highest BCUT2D eigenvalue weighted by molar-refractivity contribution is 7.13. The quantitative estimate of drug-likeness (QED) is 0.628. The number of aryl methyl sites for hydroxylation is 1. The van der Waals surface area contributed by atoms with E-state index in [1.807, 2.05) is 24.0 Å². The van der Waals surface area contributed by atoms with Gasteiger partial charge in [0, 0.05) is 24.4 Å². The minimum absolute atomic E-state index is 0.0595. The van der Waals surface area contributed by atoms with E-state index in [1.54, 1.807) is 12.1 Å². The minimum Gasteiger partial charge on any atom is -0.493 e. The molecule has 2 aromatic heterocycles. The van der Waals surface area contributed by atoms with Crippen LogP contribution in [-0.4, -0.2) is 40.6 Å². The molecule has 0 saturated carbocycles. The second-order valence-corrected chi connectivity index (χ2v) is 8.04. The number of nitrogens with zero attached hydrogens (tertiary/aromatic N) is 3. The predicted octanol–water partition coefficient (Wildman–Crippen LogP) is 3.83. The van der Waals surface area contributed by atoms with Crippen LogP contribution in [0.1, 0.15) is 38.6 Å². The Morgan fingerprint density at radius 2 is 2.14 bits per heavy atom. The van der Waals surface area contributed by atoms with Crippen molar-refractivity contribution in [2.75, 3.05) is 19.7 Å². The van der Waals surface area contributed by atoms with Crippen LogP contribution in [0.5, 0.6) is 5.75 Å². The van der Waals surface area contributed by atoms with Crippen LogP contribution in [0.4, 0.5) is 4.39 Å². The summed E-state index contributed by atoms with van der Waals surface area (Å²) in [6, 6.07) is 9.70. The van der Waals surface area contributed by atoms with Gasteiger partial charge >= 0.3 is 0 Å². The van der Waals surface area contributed by atoms with Gasteiger partial charge in [0.15, 0.2) is 5.82 Å². The van der Waals surface area contributed by atoms with Gasteiger partial charge in [-0.3, -0.25) is 4.79 Å². The summed E-state index contributed by atoms with van der Waals surface area (Å²) in [6.07, 6.45) is 1.30. The van der Waals surface area contributed by atoms with Crippen LogP contribution in [0.25, 0.3) is 0 Å². The number of amides is 1. The fourth-order valence-electron chi connectivity index (χ4n) is 3.18. The lowest BCUT2D eigenvalue weighted by atomic mass is 10.1. The molecule has 0 bridgehead atoms. The van der Waals surface area contributed by atoms with Crippen LogP contribution in [0.15, 0.2) is 40.9 Å². The Morgan fingerprint density at radius 3 is 2.89 bits per heavy atom. The summed E-state index contributed by atoms with van der Waals surface area (Å²) < 4.78 is 23.8. The fourth-order valence-corrected chi connectivity index (χ4v) is 4.01. The van der Waals surface area contributed by atoms with Gasteiger partial charge in [-0.1, -0.05) is 5.16 Å². The molecule has 0 aliphatic carbocycles. The van der Waals surface area contributed by atoms with E-state index in [0.717, 1.165) is 16.2 Å². The van der Waals surface area contributed by atoms with Crippen molar-refractivity contribution >= 4 is 17.2 Å². The van der Waals surface area contributed by atoms with Crippen molar-refractivity contribution in [2.24, 2.45) is 0 Å². The van der Waals surface area contributed by atoms with Crippen LogP contribution in [-0.2, 0) is 6.42 Å². The summed E-state index contributed by atoms with van der Waals surface area (Å²) in [5.41, 5.74) is 0. The molecule has 1 aliphatic heterocycles. The van der Waals surface area contributed by atoms with E-state index >= 15 is 0 Å². The van der Waals surface area contributed by atoms with Gasteiger partial charge in [0.05, 0.1) is 17.4 Å². The number of rotatable bonds is 6. The van der Waals surface area contributed by atoms with E-state index < -0.39 is 0 Å². The van der Waals surface area contributed by atoms with Gasteiger partial charge in [0.2, 0.25) is 5.89 Å². The van der Waals surface area contributed by atoms with Crippen molar-refractivity contribution < 1.29 is 18.4 Å². The Kier molecular flexibility index (Phi) is 5.38. The molecule has 1 atom stereocenters. The molecule has 146 valence electrons. The normalized spacial score (nSPS) is 16.5. The summed E-state index contributed by atoms with van der Waals surface area (Å²) in [5.74, 6) is 1.55. The number of hydrogen-bond donors (Lipinski definition) is 0. The Hall–Kier alpha value is -2.74. The topological polar surface area (TPSA) is 68.5 Å². The minimum atomic E-state index is -0.298. The van der Waals surface area contributed by atoms with Crippen LogP contribution in [0, 0.1) is 12.7 Å². The predicted molar refractivity (Wildman–Crippen MR) is 102 cm³/mol. The number of thiophene rings is 1. The monoisotopic (exact) mass is 401 g/mol. The molecule has 8 heteroatoms. The molecule has 4 rings (SSSR count). The molecular formula is C20H20FN3O3S. The third-order valence-corrected chi connectivity index (χ3v) is 5.66. The average Bonchev–Trinajstić information content (AvgIpc) is 3.43. The Bertz CT molecular complexity index is 954. The molecule has 1 amide bonds. The van der Waals surface area contributed by atoms with E-state index in [9.17, 15) is 9.18 Å². The van der Waals surface area contributed by atoms with Crippen molar-refractivity contribution in [3.63, 3.8) is 0 Å². The van der Waals surface area contributed by atoms with Gasteiger partial charge in [-0.25, -0.2) is 4.39 Å². The molecule has 6 nitrogen and oxygen atoms in total. The molecule has 28 heavy (non-hydrogen) atoms. The van der Waals surface area contributed by atoms with E-state index in [2.05, 4.69) is 10.1 Å². The third-order valence-electron chi connectivity index (χ3n) is 4.67. The first kappa shape index (κ1) is 18.6. The summed E-state index contributed by atoms with van der Waals surface area (Å²) in [7, 11) is 0. The number of likely N-dealkylation sites (tertiary alicyclic amines) is 1. The van der Waals surface area contributed by atoms with Crippen molar-refractivity contribution in [3.05, 3.63) is 63.7 Å². The van der Waals surface area contributed by atoms with Gasteiger partial charge in [0.25, 0.3) is 5.91 Å². The number of ether oxygens (including phenoxy) is 1. The summed E-state index contributed by atoms with van der Waals surface area (Å²) in [6.45, 7) is 3.64. The smallest absolute Gasteiger partial charge is 0.263 e. The maximum absolute atomic E-state index is 12.9. The van der Waals surface area contributed by atoms with Crippen LogP contribution in [0.2, 0.25) is 0 Å². The zero-order chi connectivity index (χ0) is 19.5. The maximum Gasteiger partial charge on any atom is 0.263 e. The van der Waals surface area contributed by atoms with Gasteiger partial charge < -0.3 is 14.2 Å². The number of aromatic nitrogens is 2. The maximum atomic E-state index is 12.9. The number of carbonyl (C=O) groups excluding carboxylic acids is 1. The van der Waals surface area contributed by atoms with Crippen molar-refractivity contribution in [3.8, 4) is 5.75 Å².